The Morgan fingerprint density at radius 2 is 2.08 bits per heavy atom. The average Bonchev–Trinajstić information content (AvgIpc) is 3.37. The van der Waals surface area contributed by atoms with Gasteiger partial charge in [-0.3, -0.25) is 4.68 Å². The zero-order valence-electron chi connectivity index (χ0n) is 14.9. The quantitative estimate of drug-likeness (QED) is 0.759. The van der Waals surface area contributed by atoms with E-state index in [0.717, 1.165) is 29.1 Å². The minimum Gasteiger partial charge on any atom is -0.472 e. The van der Waals surface area contributed by atoms with Crippen LogP contribution in [0.1, 0.15) is 19.3 Å². The van der Waals surface area contributed by atoms with E-state index in [1.807, 2.05) is 36.2 Å². The summed E-state index contributed by atoms with van der Waals surface area (Å²) in [6, 6.07) is 2.52. The minimum absolute atomic E-state index is 0. The molecule has 3 heterocycles. The van der Waals surface area contributed by atoms with E-state index >= 15 is 0 Å². The maximum absolute atomic E-state index is 6.44. The van der Waals surface area contributed by atoms with E-state index in [0.29, 0.717) is 17.8 Å². The Hall–Kier alpha value is -2.12. The molecule has 2 fully saturated rings. The van der Waals surface area contributed by atoms with E-state index in [4.69, 9.17) is 9.72 Å². The van der Waals surface area contributed by atoms with Crippen molar-refractivity contribution in [1.29, 1.82) is 0 Å². The summed E-state index contributed by atoms with van der Waals surface area (Å²) in [5.41, 5.74) is 2.70. The summed E-state index contributed by atoms with van der Waals surface area (Å²) in [7, 11) is 3.96. The number of fused-ring (bicyclic) bond motifs is 3. The van der Waals surface area contributed by atoms with Gasteiger partial charge in [0.05, 0.1) is 24.3 Å². The first-order chi connectivity index (χ1) is 12.2. The van der Waals surface area contributed by atoms with Crippen molar-refractivity contribution in [2.45, 2.75) is 31.4 Å². The van der Waals surface area contributed by atoms with E-state index in [1.54, 1.807) is 10.9 Å². The molecule has 0 amide bonds. The molecule has 5 rings (SSSR count). The topological polar surface area (TPSA) is 69.3 Å². The zero-order chi connectivity index (χ0) is 17.0. The summed E-state index contributed by atoms with van der Waals surface area (Å²) in [5.74, 6) is 2.02. The minimum atomic E-state index is 0. The molecule has 3 aromatic heterocycles. The number of ether oxygens (including phenoxy) is 1. The Balaban J connectivity index is 0.00000168. The fourth-order valence-electron chi connectivity index (χ4n) is 4.57. The highest BCUT2D eigenvalue weighted by molar-refractivity contribution is 5.85. The summed E-state index contributed by atoms with van der Waals surface area (Å²) in [5, 5.41) is 12.1. The molecule has 2 bridgehead atoms. The maximum atomic E-state index is 6.44. The van der Waals surface area contributed by atoms with Crippen LogP contribution in [0, 0.1) is 11.8 Å². The Labute approximate surface area is 158 Å². The van der Waals surface area contributed by atoms with Crippen LogP contribution in [0.3, 0.4) is 0 Å². The fraction of sp³-hybridized carbons (Fsp3) is 0.500. The highest BCUT2D eigenvalue weighted by atomic mass is 35.5. The van der Waals surface area contributed by atoms with E-state index in [1.165, 1.54) is 12.8 Å². The summed E-state index contributed by atoms with van der Waals surface area (Å²) in [4.78, 5) is 4.80. The predicted octanol–water partition coefficient (Wildman–Crippen LogP) is 2.32. The first-order valence-electron chi connectivity index (χ1n) is 8.88. The van der Waals surface area contributed by atoms with Gasteiger partial charge in [0.1, 0.15) is 11.6 Å². The molecule has 0 unspecified atom stereocenters. The largest absolute Gasteiger partial charge is 0.472 e. The molecule has 138 valence electrons. The van der Waals surface area contributed by atoms with Crippen LogP contribution in [-0.4, -0.2) is 43.6 Å². The van der Waals surface area contributed by atoms with Crippen molar-refractivity contribution in [3.63, 3.8) is 0 Å². The van der Waals surface area contributed by atoms with E-state index in [-0.39, 0.29) is 18.5 Å². The Kier molecular flexibility index (Phi) is 4.36. The van der Waals surface area contributed by atoms with Crippen molar-refractivity contribution in [3.05, 3.63) is 30.9 Å². The Morgan fingerprint density at radius 3 is 2.81 bits per heavy atom. The molecular weight excluding hydrogens is 352 g/mol. The fourth-order valence-corrected chi connectivity index (χ4v) is 4.57. The van der Waals surface area contributed by atoms with Crippen LogP contribution in [0.2, 0.25) is 0 Å². The highest BCUT2D eigenvalue weighted by Gasteiger charge is 2.47. The van der Waals surface area contributed by atoms with Gasteiger partial charge in [0.15, 0.2) is 0 Å². The van der Waals surface area contributed by atoms with Gasteiger partial charge in [-0.15, -0.1) is 12.4 Å². The summed E-state index contributed by atoms with van der Waals surface area (Å²) in [6.07, 6.45) is 11.4. The standard InChI is InChI=1S/C18H22N6O.ClH/c1-19-14-6-11-5-13(14)17(7-11)25-18-16-3-4-20-24(16)10-15(22-18)12-8-21-23(2)9-12;/h3-4,8-11,13-14,17,19H,5-7H2,1-2H3;1H/t11-,13+,14+,17-;/m0./s1. The van der Waals surface area contributed by atoms with Crippen LogP contribution in [0.15, 0.2) is 30.9 Å². The monoisotopic (exact) mass is 374 g/mol. The zero-order valence-corrected chi connectivity index (χ0v) is 15.7. The molecule has 26 heavy (non-hydrogen) atoms. The van der Waals surface area contributed by atoms with E-state index in [2.05, 4.69) is 22.6 Å². The van der Waals surface area contributed by atoms with Gasteiger partial charge in [-0.1, -0.05) is 0 Å². The molecule has 0 saturated heterocycles. The number of nitrogens with zero attached hydrogens (tertiary/aromatic N) is 5. The Bertz CT molecular complexity index is 921. The van der Waals surface area contributed by atoms with Crippen LogP contribution in [0.5, 0.6) is 5.88 Å². The lowest BCUT2D eigenvalue weighted by Gasteiger charge is -2.29. The summed E-state index contributed by atoms with van der Waals surface area (Å²) in [6.45, 7) is 0. The van der Waals surface area contributed by atoms with Crippen molar-refractivity contribution in [3.8, 4) is 17.1 Å². The van der Waals surface area contributed by atoms with Crippen LogP contribution in [0.25, 0.3) is 16.8 Å². The van der Waals surface area contributed by atoms with Crippen molar-refractivity contribution in [1.82, 2.24) is 29.7 Å². The molecule has 8 heteroatoms. The first-order valence-corrected chi connectivity index (χ1v) is 8.88. The molecule has 2 saturated carbocycles. The predicted molar refractivity (Wildman–Crippen MR) is 101 cm³/mol. The van der Waals surface area contributed by atoms with Crippen LogP contribution in [-0.2, 0) is 7.05 Å². The SMILES string of the molecule is CN[C@@H]1C[C@@H]2C[C@H]1[C@@H](Oc1nc(-c3cnn(C)c3)cn3nccc13)C2.Cl. The summed E-state index contributed by atoms with van der Waals surface area (Å²) < 4.78 is 10.1. The number of aryl methyl sites for hydroxylation is 1. The lowest BCUT2D eigenvalue weighted by molar-refractivity contribution is 0.115. The van der Waals surface area contributed by atoms with Crippen molar-refractivity contribution in [2.24, 2.45) is 18.9 Å². The third kappa shape index (κ3) is 2.75. The molecule has 7 nitrogen and oxygen atoms in total. The van der Waals surface area contributed by atoms with E-state index in [9.17, 15) is 0 Å². The Morgan fingerprint density at radius 1 is 1.19 bits per heavy atom. The molecule has 3 aromatic rings. The number of hydrogen-bond acceptors (Lipinski definition) is 5. The number of nitrogens with one attached hydrogen (secondary N) is 1. The lowest BCUT2D eigenvalue weighted by atomic mass is 9.93. The molecule has 2 aliphatic carbocycles. The molecule has 0 radical (unpaired) electrons. The smallest absolute Gasteiger partial charge is 0.240 e. The van der Waals surface area contributed by atoms with E-state index < -0.39 is 0 Å². The highest BCUT2D eigenvalue weighted by Crippen LogP contribution is 2.46. The van der Waals surface area contributed by atoms with Gasteiger partial charge >= 0.3 is 0 Å². The molecule has 0 spiro atoms. The second-order valence-electron chi connectivity index (χ2n) is 7.28. The van der Waals surface area contributed by atoms with Gasteiger partial charge in [-0.05, 0) is 38.3 Å². The summed E-state index contributed by atoms with van der Waals surface area (Å²) >= 11 is 0. The lowest BCUT2D eigenvalue weighted by Crippen LogP contribution is -2.40. The third-order valence-corrected chi connectivity index (χ3v) is 5.74. The number of hydrogen-bond donors (Lipinski definition) is 1. The molecule has 2 aliphatic rings. The van der Waals surface area contributed by atoms with Crippen LogP contribution >= 0.6 is 12.4 Å². The van der Waals surface area contributed by atoms with Gasteiger partial charge in [0, 0.05) is 30.8 Å². The first kappa shape index (κ1) is 17.3. The second kappa shape index (κ2) is 6.55. The molecule has 0 aliphatic heterocycles. The van der Waals surface area contributed by atoms with Crippen molar-refractivity contribution < 1.29 is 4.74 Å². The molecule has 1 N–H and O–H groups in total. The van der Waals surface area contributed by atoms with Crippen molar-refractivity contribution >= 4 is 17.9 Å². The van der Waals surface area contributed by atoms with Gasteiger partial charge in [-0.25, -0.2) is 9.50 Å². The van der Waals surface area contributed by atoms with Crippen LogP contribution < -0.4 is 10.1 Å². The van der Waals surface area contributed by atoms with Crippen molar-refractivity contribution in [2.75, 3.05) is 7.05 Å². The van der Waals surface area contributed by atoms with Gasteiger partial charge in [-0.2, -0.15) is 10.2 Å². The van der Waals surface area contributed by atoms with Gasteiger partial charge in [0.25, 0.3) is 0 Å². The molecule has 4 atom stereocenters. The maximum Gasteiger partial charge on any atom is 0.240 e. The third-order valence-electron chi connectivity index (χ3n) is 5.74. The average molecular weight is 375 g/mol. The number of halogens is 1. The molecular formula is C18H23ClN6O. The molecule has 0 aromatic carbocycles. The second-order valence-corrected chi connectivity index (χ2v) is 7.28. The van der Waals surface area contributed by atoms with Crippen LogP contribution in [0.4, 0.5) is 0 Å². The normalized spacial score (nSPS) is 27.0. The number of aromatic nitrogens is 5. The van der Waals surface area contributed by atoms with Gasteiger partial charge < -0.3 is 10.1 Å². The number of rotatable bonds is 4. The van der Waals surface area contributed by atoms with Gasteiger partial charge in [0.2, 0.25) is 5.88 Å².